The Labute approximate surface area is 198 Å². The van der Waals surface area contributed by atoms with Crippen LogP contribution in [0.3, 0.4) is 0 Å². The van der Waals surface area contributed by atoms with Crippen molar-refractivity contribution in [1.29, 1.82) is 0 Å². The molecule has 1 aromatic heterocycles. The largest absolute Gasteiger partial charge is 0.462 e. The van der Waals surface area contributed by atoms with Gasteiger partial charge < -0.3 is 15.4 Å². The van der Waals surface area contributed by atoms with E-state index in [0.717, 1.165) is 22.6 Å². The number of nitrogens with one attached hydrogen (secondary N) is 2. The molecule has 2 aromatic carbocycles. The number of anilines is 1. The fraction of sp³-hybridized carbons (Fsp3) is 0.231. The number of aryl methyl sites for hydroxylation is 2. The van der Waals surface area contributed by atoms with Gasteiger partial charge in [0.15, 0.2) is 0 Å². The average Bonchev–Trinajstić information content (AvgIpc) is 3.03. The molecule has 1 aliphatic rings. The second-order valence-electron chi connectivity index (χ2n) is 8.06. The number of aromatic nitrogens is 2. The van der Waals surface area contributed by atoms with Crippen molar-refractivity contribution in [2.75, 3.05) is 11.9 Å². The van der Waals surface area contributed by atoms with Gasteiger partial charge >= 0.3 is 5.97 Å². The molecule has 1 aliphatic heterocycles. The van der Waals surface area contributed by atoms with Crippen molar-refractivity contribution in [3.05, 3.63) is 88.4 Å². The number of aliphatic imine (C=N–C) groups is 1. The van der Waals surface area contributed by atoms with E-state index in [-0.39, 0.29) is 23.9 Å². The smallest absolute Gasteiger partial charge is 0.343 e. The molecule has 0 atom stereocenters. The minimum absolute atomic E-state index is 0.144. The zero-order valence-corrected chi connectivity index (χ0v) is 19.7. The van der Waals surface area contributed by atoms with Crippen LogP contribution in [0.2, 0.25) is 0 Å². The van der Waals surface area contributed by atoms with Gasteiger partial charge in [0.25, 0.3) is 5.91 Å². The van der Waals surface area contributed by atoms with Crippen molar-refractivity contribution in [2.45, 2.75) is 34.2 Å². The molecule has 34 heavy (non-hydrogen) atoms. The number of nitrogens with zero attached hydrogens (tertiary/aromatic N) is 3. The van der Waals surface area contributed by atoms with Crippen LogP contribution >= 0.6 is 0 Å². The number of amidine groups is 1. The van der Waals surface area contributed by atoms with Crippen LogP contribution in [0.25, 0.3) is 0 Å². The van der Waals surface area contributed by atoms with Gasteiger partial charge in [-0.15, -0.1) is 0 Å². The van der Waals surface area contributed by atoms with Crippen LogP contribution in [0.4, 0.5) is 11.4 Å². The van der Waals surface area contributed by atoms with Crippen LogP contribution in [0, 0.1) is 13.8 Å². The van der Waals surface area contributed by atoms with Gasteiger partial charge in [-0.1, -0.05) is 24.3 Å². The van der Waals surface area contributed by atoms with E-state index in [1.807, 2.05) is 61.0 Å². The normalized spacial score (nSPS) is 12.9. The standard InChI is InChI=1S/C26H27N5O3/c1-5-34-26(33)23-18(4)27-21-8-6-7-9-22(21)28-24(23)29-25(32)20-12-10-19(11-13-20)15-31-17(3)14-16(2)30-31/h6-14,27H,5,15H2,1-4H3,(H,28,29,32). The second kappa shape index (κ2) is 9.74. The van der Waals surface area contributed by atoms with Gasteiger partial charge in [-0.25, -0.2) is 9.79 Å². The summed E-state index contributed by atoms with van der Waals surface area (Å²) in [4.78, 5) is 30.4. The average molecular weight is 458 g/mol. The molecule has 0 saturated carbocycles. The summed E-state index contributed by atoms with van der Waals surface area (Å²) in [6, 6.07) is 16.7. The highest BCUT2D eigenvalue weighted by atomic mass is 16.5. The molecule has 0 radical (unpaired) electrons. The maximum Gasteiger partial charge on any atom is 0.343 e. The molecule has 174 valence electrons. The summed E-state index contributed by atoms with van der Waals surface area (Å²) in [7, 11) is 0. The molecular formula is C26H27N5O3. The molecule has 8 nitrogen and oxygen atoms in total. The maximum absolute atomic E-state index is 13.1. The number of carbonyl (C=O) groups is 2. The lowest BCUT2D eigenvalue weighted by Crippen LogP contribution is -2.35. The van der Waals surface area contributed by atoms with Crippen LogP contribution in [0.5, 0.6) is 0 Å². The zero-order chi connectivity index (χ0) is 24.2. The SMILES string of the molecule is CCOC(=O)C1=C(C)Nc2ccccc2N=C1NC(=O)c1ccc(Cn2nc(C)cc2C)cc1. The number of ether oxygens (including phenoxy) is 1. The molecule has 4 rings (SSSR count). The number of rotatable bonds is 5. The molecule has 1 amide bonds. The highest BCUT2D eigenvalue weighted by Crippen LogP contribution is 2.30. The topological polar surface area (TPSA) is 97.6 Å². The number of allylic oxidation sites excluding steroid dienone is 1. The Morgan fingerprint density at radius 2 is 1.79 bits per heavy atom. The number of fused-ring (bicyclic) bond motifs is 1. The Hall–Kier alpha value is -4.20. The lowest BCUT2D eigenvalue weighted by Gasteiger charge is -2.13. The van der Waals surface area contributed by atoms with Crippen molar-refractivity contribution < 1.29 is 14.3 Å². The van der Waals surface area contributed by atoms with Gasteiger partial charge in [0.2, 0.25) is 0 Å². The third kappa shape index (κ3) is 4.91. The van der Waals surface area contributed by atoms with E-state index in [9.17, 15) is 9.59 Å². The van der Waals surface area contributed by atoms with Crippen molar-refractivity contribution in [1.82, 2.24) is 15.1 Å². The second-order valence-corrected chi connectivity index (χ2v) is 8.06. The summed E-state index contributed by atoms with van der Waals surface area (Å²) >= 11 is 0. The molecule has 0 unspecified atom stereocenters. The lowest BCUT2D eigenvalue weighted by molar-refractivity contribution is -0.137. The molecule has 8 heteroatoms. The zero-order valence-electron chi connectivity index (χ0n) is 19.7. The Morgan fingerprint density at radius 3 is 2.47 bits per heavy atom. The summed E-state index contributed by atoms with van der Waals surface area (Å²) < 4.78 is 7.16. The van der Waals surface area contributed by atoms with E-state index in [4.69, 9.17) is 4.74 Å². The predicted octanol–water partition coefficient (Wildman–Crippen LogP) is 4.27. The summed E-state index contributed by atoms with van der Waals surface area (Å²) in [6.07, 6.45) is 0. The summed E-state index contributed by atoms with van der Waals surface area (Å²) in [6.45, 7) is 8.28. The van der Waals surface area contributed by atoms with Crippen LogP contribution < -0.4 is 10.6 Å². The Balaban J connectivity index is 1.59. The summed E-state index contributed by atoms with van der Waals surface area (Å²) in [5.41, 5.74) is 5.59. The molecule has 0 saturated heterocycles. The fourth-order valence-corrected chi connectivity index (χ4v) is 3.79. The van der Waals surface area contributed by atoms with E-state index in [1.54, 1.807) is 26.0 Å². The van der Waals surface area contributed by atoms with Gasteiger partial charge in [-0.05, 0) is 63.6 Å². The number of hydrogen-bond donors (Lipinski definition) is 2. The first-order chi connectivity index (χ1) is 16.4. The van der Waals surface area contributed by atoms with Gasteiger partial charge in [0.05, 0.1) is 30.2 Å². The molecule has 0 fully saturated rings. The van der Waals surface area contributed by atoms with Crippen LogP contribution in [-0.2, 0) is 16.1 Å². The highest BCUT2D eigenvalue weighted by molar-refractivity contribution is 6.25. The summed E-state index contributed by atoms with van der Waals surface area (Å²) in [5, 5.41) is 10.5. The molecular weight excluding hydrogens is 430 g/mol. The van der Waals surface area contributed by atoms with Crippen LogP contribution in [0.15, 0.2) is 70.9 Å². The van der Waals surface area contributed by atoms with E-state index in [0.29, 0.717) is 23.5 Å². The Kier molecular flexibility index (Phi) is 6.58. The van der Waals surface area contributed by atoms with E-state index in [2.05, 4.69) is 20.7 Å². The minimum Gasteiger partial charge on any atom is -0.462 e. The number of para-hydroxylation sites is 2. The first-order valence-corrected chi connectivity index (χ1v) is 11.1. The number of carbonyl (C=O) groups excluding carboxylic acids is 2. The summed E-state index contributed by atoms with van der Waals surface area (Å²) in [5.74, 6) is -0.782. The molecule has 0 spiro atoms. The van der Waals surface area contributed by atoms with Crippen LogP contribution in [0.1, 0.15) is 41.2 Å². The first-order valence-electron chi connectivity index (χ1n) is 11.1. The third-order valence-corrected chi connectivity index (χ3v) is 5.43. The molecule has 3 aromatic rings. The maximum atomic E-state index is 13.1. The number of benzene rings is 2. The number of amides is 1. The van der Waals surface area contributed by atoms with Gasteiger partial charge in [0, 0.05) is 17.0 Å². The van der Waals surface area contributed by atoms with Crippen LogP contribution in [-0.4, -0.2) is 34.1 Å². The minimum atomic E-state index is -0.556. The van der Waals surface area contributed by atoms with Crippen molar-refractivity contribution in [2.24, 2.45) is 4.99 Å². The molecule has 2 N–H and O–H groups in total. The lowest BCUT2D eigenvalue weighted by atomic mass is 10.1. The van der Waals surface area contributed by atoms with E-state index in [1.165, 1.54) is 0 Å². The third-order valence-electron chi connectivity index (χ3n) is 5.43. The predicted molar refractivity (Wildman–Crippen MR) is 131 cm³/mol. The fourth-order valence-electron chi connectivity index (χ4n) is 3.79. The molecule has 0 aliphatic carbocycles. The van der Waals surface area contributed by atoms with E-state index < -0.39 is 5.97 Å². The molecule has 0 bridgehead atoms. The van der Waals surface area contributed by atoms with Crippen molar-refractivity contribution in [3.8, 4) is 0 Å². The monoisotopic (exact) mass is 457 g/mol. The number of esters is 1. The van der Waals surface area contributed by atoms with Gasteiger partial charge in [-0.2, -0.15) is 5.10 Å². The molecule has 2 heterocycles. The number of hydrogen-bond acceptors (Lipinski definition) is 6. The Morgan fingerprint density at radius 1 is 1.06 bits per heavy atom. The highest BCUT2D eigenvalue weighted by Gasteiger charge is 2.26. The van der Waals surface area contributed by atoms with Crippen molar-refractivity contribution in [3.63, 3.8) is 0 Å². The van der Waals surface area contributed by atoms with Gasteiger partial charge in [0.1, 0.15) is 11.4 Å². The van der Waals surface area contributed by atoms with E-state index >= 15 is 0 Å². The first kappa shape index (κ1) is 23.0. The van der Waals surface area contributed by atoms with Crippen molar-refractivity contribution >= 4 is 29.1 Å². The quantitative estimate of drug-likeness (QED) is 0.558. The van der Waals surface area contributed by atoms with Gasteiger partial charge in [-0.3, -0.25) is 9.48 Å². The Bertz CT molecular complexity index is 1300.